The van der Waals surface area contributed by atoms with Crippen molar-refractivity contribution in [3.05, 3.63) is 102 Å². The number of halogens is 3. The summed E-state index contributed by atoms with van der Waals surface area (Å²) in [6, 6.07) is 22.0. The van der Waals surface area contributed by atoms with Crippen molar-refractivity contribution >= 4 is 23.2 Å². The van der Waals surface area contributed by atoms with E-state index in [4.69, 9.17) is 9.15 Å². The molecule has 1 aromatic heterocycles. The van der Waals surface area contributed by atoms with Crippen LogP contribution < -0.4 is 15.0 Å². The maximum absolute atomic E-state index is 13.0. The van der Waals surface area contributed by atoms with E-state index in [1.165, 1.54) is 24.3 Å². The van der Waals surface area contributed by atoms with Crippen molar-refractivity contribution in [3.8, 4) is 17.1 Å². The number of amides is 2. The second kappa shape index (κ2) is 11.2. The Labute approximate surface area is 228 Å². The third-order valence-electron chi connectivity index (χ3n) is 6.70. The van der Waals surface area contributed by atoms with Crippen LogP contribution >= 0.6 is 0 Å². The first kappa shape index (κ1) is 26.9. The molecule has 10 heteroatoms. The molecule has 0 saturated carbocycles. The quantitative estimate of drug-likeness (QED) is 0.311. The molecule has 3 aromatic carbocycles. The summed E-state index contributed by atoms with van der Waals surface area (Å²) in [5.74, 6) is 0.307. The highest BCUT2D eigenvalue weighted by atomic mass is 19.4. The topological polar surface area (TPSA) is 75.0 Å². The van der Waals surface area contributed by atoms with Crippen LogP contribution in [-0.2, 0) is 6.18 Å². The van der Waals surface area contributed by atoms with E-state index in [2.05, 4.69) is 10.2 Å². The summed E-state index contributed by atoms with van der Waals surface area (Å²) in [6.45, 7) is 2.49. The molecule has 7 nitrogen and oxygen atoms in total. The molecule has 5 rings (SSSR count). The minimum absolute atomic E-state index is 0.0190. The lowest BCUT2D eigenvalue weighted by Gasteiger charge is -2.36. The van der Waals surface area contributed by atoms with E-state index < -0.39 is 17.6 Å². The highest BCUT2D eigenvalue weighted by Gasteiger charge is 2.30. The summed E-state index contributed by atoms with van der Waals surface area (Å²) in [4.78, 5) is 29.5. The second-order valence-electron chi connectivity index (χ2n) is 9.25. The minimum Gasteiger partial charge on any atom is -0.497 e. The molecule has 1 aliphatic heterocycles. The molecule has 206 valence electrons. The molecule has 0 aliphatic carbocycles. The van der Waals surface area contributed by atoms with Gasteiger partial charge in [-0.15, -0.1) is 0 Å². The van der Waals surface area contributed by atoms with E-state index in [1.807, 2.05) is 17.0 Å². The number of piperazine rings is 1. The Morgan fingerprint density at radius 3 is 2.23 bits per heavy atom. The minimum atomic E-state index is -4.47. The third kappa shape index (κ3) is 5.96. The van der Waals surface area contributed by atoms with Crippen LogP contribution in [-0.4, -0.2) is 50.0 Å². The highest BCUT2D eigenvalue weighted by molar-refractivity contribution is 6.02. The molecule has 0 bridgehead atoms. The number of anilines is 2. The van der Waals surface area contributed by atoms with E-state index in [0.717, 1.165) is 17.8 Å². The van der Waals surface area contributed by atoms with E-state index in [-0.39, 0.29) is 23.0 Å². The molecule has 2 amide bonds. The van der Waals surface area contributed by atoms with E-state index >= 15 is 0 Å². The number of furan rings is 1. The number of carbonyl (C=O) groups is 2. The Morgan fingerprint density at radius 2 is 1.57 bits per heavy atom. The monoisotopic (exact) mass is 549 g/mol. The Balaban J connectivity index is 1.16. The van der Waals surface area contributed by atoms with Gasteiger partial charge in [-0.3, -0.25) is 9.59 Å². The van der Waals surface area contributed by atoms with Gasteiger partial charge >= 0.3 is 6.18 Å². The lowest BCUT2D eigenvalue weighted by Crippen LogP contribution is -2.48. The lowest BCUT2D eigenvalue weighted by atomic mass is 10.1. The Bertz CT molecular complexity index is 1490. The Morgan fingerprint density at radius 1 is 0.875 bits per heavy atom. The molecule has 0 radical (unpaired) electrons. The number of hydrogen-bond donors (Lipinski definition) is 1. The first-order chi connectivity index (χ1) is 19.2. The molecule has 0 unspecified atom stereocenters. The molecule has 1 saturated heterocycles. The summed E-state index contributed by atoms with van der Waals surface area (Å²) in [5.41, 5.74) is 1.55. The number of carbonyl (C=O) groups excluding carboxylic acids is 2. The van der Waals surface area contributed by atoms with Crippen molar-refractivity contribution in [2.75, 3.05) is 43.5 Å². The van der Waals surface area contributed by atoms with Gasteiger partial charge < -0.3 is 24.3 Å². The number of methoxy groups -OCH3 is 1. The predicted molar refractivity (Wildman–Crippen MR) is 145 cm³/mol. The van der Waals surface area contributed by atoms with Gasteiger partial charge in [0.25, 0.3) is 11.8 Å². The average Bonchev–Trinajstić information content (AvgIpc) is 3.48. The zero-order valence-electron chi connectivity index (χ0n) is 21.6. The summed E-state index contributed by atoms with van der Waals surface area (Å²) in [7, 11) is 1.58. The third-order valence-corrected chi connectivity index (χ3v) is 6.70. The van der Waals surface area contributed by atoms with Gasteiger partial charge in [0.1, 0.15) is 11.5 Å². The van der Waals surface area contributed by atoms with Crippen LogP contribution in [0.1, 0.15) is 26.5 Å². The number of hydrogen-bond acceptors (Lipinski definition) is 5. The van der Waals surface area contributed by atoms with Crippen LogP contribution in [0, 0.1) is 0 Å². The van der Waals surface area contributed by atoms with Crippen LogP contribution in [0.4, 0.5) is 24.5 Å². The van der Waals surface area contributed by atoms with E-state index in [9.17, 15) is 22.8 Å². The summed E-state index contributed by atoms with van der Waals surface area (Å²) in [5, 5.41) is 2.74. The van der Waals surface area contributed by atoms with Crippen molar-refractivity contribution in [2.24, 2.45) is 0 Å². The van der Waals surface area contributed by atoms with Crippen molar-refractivity contribution in [3.63, 3.8) is 0 Å². The fourth-order valence-electron chi connectivity index (χ4n) is 4.50. The maximum atomic E-state index is 13.0. The van der Waals surface area contributed by atoms with Crippen molar-refractivity contribution in [2.45, 2.75) is 6.18 Å². The molecule has 1 N–H and O–H groups in total. The smallest absolute Gasteiger partial charge is 0.416 e. The standard InChI is InChI=1S/C30H26F3N3O4/c1-39-25-11-5-20(6-12-25)29(38)36-17-15-35(16-18-36)24-9-7-23(8-10-24)34-28(37)27-14-13-26(40-27)21-3-2-4-22(19-21)30(31,32)33/h2-14,19H,15-18H2,1H3,(H,34,37). The molecule has 1 aliphatic rings. The van der Waals surface area contributed by atoms with Crippen LogP contribution in [0.15, 0.2) is 89.3 Å². The van der Waals surface area contributed by atoms with Crippen molar-refractivity contribution < 1.29 is 31.9 Å². The van der Waals surface area contributed by atoms with E-state index in [0.29, 0.717) is 43.2 Å². The van der Waals surface area contributed by atoms with Crippen LogP contribution in [0.25, 0.3) is 11.3 Å². The van der Waals surface area contributed by atoms with Crippen molar-refractivity contribution in [1.29, 1.82) is 0 Å². The lowest BCUT2D eigenvalue weighted by molar-refractivity contribution is -0.137. The van der Waals surface area contributed by atoms with Crippen LogP contribution in [0.2, 0.25) is 0 Å². The van der Waals surface area contributed by atoms with Gasteiger partial charge in [-0.25, -0.2) is 0 Å². The summed E-state index contributed by atoms with van der Waals surface area (Å²) < 4.78 is 49.8. The molecule has 0 spiro atoms. The zero-order chi connectivity index (χ0) is 28.3. The van der Waals surface area contributed by atoms with Gasteiger partial charge in [-0.2, -0.15) is 13.2 Å². The van der Waals surface area contributed by atoms with Gasteiger partial charge in [0, 0.05) is 48.7 Å². The van der Waals surface area contributed by atoms with Gasteiger partial charge in [-0.05, 0) is 72.8 Å². The number of benzene rings is 3. The number of ether oxygens (including phenoxy) is 1. The fourth-order valence-corrected chi connectivity index (χ4v) is 4.50. The summed E-state index contributed by atoms with van der Waals surface area (Å²) >= 11 is 0. The number of nitrogens with one attached hydrogen (secondary N) is 1. The molecule has 2 heterocycles. The highest BCUT2D eigenvalue weighted by Crippen LogP contribution is 2.33. The van der Waals surface area contributed by atoms with Gasteiger partial charge in [0.15, 0.2) is 5.76 Å². The predicted octanol–water partition coefficient (Wildman–Crippen LogP) is 6.19. The Hall–Kier alpha value is -4.73. The van der Waals surface area contributed by atoms with Gasteiger partial charge in [-0.1, -0.05) is 12.1 Å². The number of rotatable bonds is 6. The molecule has 40 heavy (non-hydrogen) atoms. The number of alkyl halides is 3. The normalized spacial score (nSPS) is 13.7. The van der Waals surface area contributed by atoms with Crippen LogP contribution in [0.3, 0.4) is 0 Å². The second-order valence-corrected chi connectivity index (χ2v) is 9.25. The molecular weight excluding hydrogens is 523 g/mol. The molecular formula is C30H26F3N3O4. The van der Waals surface area contributed by atoms with Gasteiger partial charge in [0.2, 0.25) is 0 Å². The average molecular weight is 550 g/mol. The first-order valence-corrected chi connectivity index (χ1v) is 12.6. The van der Waals surface area contributed by atoms with Crippen molar-refractivity contribution in [1.82, 2.24) is 4.90 Å². The molecule has 1 fully saturated rings. The Kier molecular flexibility index (Phi) is 7.50. The van der Waals surface area contributed by atoms with E-state index in [1.54, 1.807) is 43.5 Å². The number of nitrogens with zero attached hydrogens (tertiary/aromatic N) is 2. The molecule has 0 atom stereocenters. The SMILES string of the molecule is COc1ccc(C(=O)N2CCN(c3ccc(NC(=O)c4ccc(-c5cccc(C(F)(F)F)c5)o4)cc3)CC2)cc1. The fraction of sp³-hybridized carbons (Fsp3) is 0.200. The maximum Gasteiger partial charge on any atom is 0.416 e. The zero-order valence-corrected chi connectivity index (χ0v) is 21.6. The van der Waals surface area contributed by atoms with Gasteiger partial charge in [0.05, 0.1) is 12.7 Å². The largest absolute Gasteiger partial charge is 0.497 e. The first-order valence-electron chi connectivity index (χ1n) is 12.6. The molecule has 4 aromatic rings. The summed E-state index contributed by atoms with van der Waals surface area (Å²) in [6.07, 6.45) is -4.47. The van der Waals surface area contributed by atoms with Crippen LogP contribution in [0.5, 0.6) is 5.75 Å².